The van der Waals surface area contributed by atoms with Crippen LogP contribution in [0.25, 0.3) is 0 Å². The van der Waals surface area contributed by atoms with Gasteiger partial charge in [0.1, 0.15) is 11.7 Å². The third kappa shape index (κ3) is 4.68. The average molecular weight is 335 g/mol. The standard InChI is InChI=1S/C16H21N3O5/c1-9(2)7-13(16(21)22)18-12-6-3-10(8-14(12)19(23)24)15(20)17-11-4-5-11/h3,6,8-9,11,13,18H,4-5,7H2,1-2H3,(H,17,20)(H,21,22). The molecule has 8 heteroatoms. The van der Waals surface area contributed by atoms with Gasteiger partial charge in [0, 0.05) is 17.7 Å². The first-order valence-corrected chi connectivity index (χ1v) is 7.86. The maximum atomic E-state index is 12.0. The van der Waals surface area contributed by atoms with Crippen molar-refractivity contribution in [2.24, 2.45) is 5.92 Å². The quantitative estimate of drug-likeness (QED) is 0.495. The van der Waals surface area contributed by atoms with E-state index >= 15 is 0 Å². The minimum Gasteiger partial charge on any atom is -0.480 e. The molecule has 8 nitrogen and oxygen atoms in total. The predicted octanol–water partition coefficient (Wildman–Crippen LogP) is 2.40. The van der Waals surface area contributed by atoms with E-state index in [9.17, 15) is 24.8 Å². The summed E-state index contributed by atoms with van der Waals surface area (Å²) in [5, 5.41) is 26.0. The summed E-state index contributed by atoms with van der Waals surface area (Å²) < 4.78 is 0. The summed E-state index contributed by atoms with van der Waals surface area (Å²) in [5.74, 6) is -1.32. The van der Waals surface area contributed by atoms with Gasteiger partial charge in [-0.1, -0.05) is 13.8 Å². The highest BCUT2D eigenvalue weighted by atomic mass is 16.6. The van der Waals surface area contributed by atoms with E-state index in [2.05, 4.69) is 10.6 Å². The van der Waals surface area contributed by atoms with E-state index in [1.807, 2.05) is 13.8 Å². The van der Waals surface area contributed by atoms with Crippen LogP contribution in [0.2, 0.25) is 0 Å². The third-order valence-corrected chi connectivity index (χ3v) is 3.70. The predicted molar refractivity (Wildman–Crippen MR) is 88.1 cm³/mol. The van der Waals surface area contributed by atoms with Gasteiger partial charge in [-0.2, -0.15) is 0 Å². The minimum absolute atomic E-state index is 0.0935. The smallest absolute Gasteiger partial charge is 0.326 e. The summed E-state index contributed by atoms with van der Waals surface area (Å²) in [6, 6.07) is 3.23. The number of nitro benzene ring substituents is 1. The lowest BCUT2D eigenvalue weighted by Gasteiger charge is -2.18. The Morgan fingerprint density at radius 1 is 1.38 bits per heavy atom. The molecule has 1 aliphatic rings. The van der Waals surface area contributed by atoms with Crippen LogP contribution < -0.4 is 10.6 Å². The Kier molecular flexibility index (Phi) is 5.38. The van der Waals surface area contributed by atoms with Crippen LogP contribution >= 0.6 is 0 Å². The van der Waals surface area contributed by atoms with Crippen molar-refractivity contribution in [2.45, 2.75) is 45.2 Å². The Morgan fingerprint density at radius 2 is 2.04 bits per heavy atom. The van der Waals surface area contributed by atoms with E-state index in [-0.39, 0.29) is 34.8 Å². The van der Waals surface area contributed by atoms with Gasteiger partial charge < -0.3 is 15.7 Å². The van der Waals surface area contributed by atoms with Crippen molar-refractivity contribution in [3.63, 3.8) is 0 Å². The van der Waals surface area contributed by atoms with Crippen LogP contribution in [0.3, 0.4) is 0 Å². The molecule has 1 atom stereocenters. The zero-order valence-corrected chi connectivity index (χ0v) is 13.6. The molecule has 0 radical (unpaired) electrons. The van der Waals surface area contributed by atoms with Gasteiger partial charge in [-0.3, -0.25) is 14.9 Å². The van der Waals surface area contributed by atoms with E-state index in [0.29, 0.717) is 6.42 Å². The lowest BCUT2D eigenvalue weighted by molar-refractivity contribution is -0.384. The van der Waals surface area contributed by atoms with Crippen LogP contribution in [0, 0.1) is 16.0 Å². The fourth-order valence-electron chi connectivity index (χ4n) is 2.32. The topological polar surface area (TPSA) is 122 Å². The normalized spacial score (nSPS) is 15.0. The maximum Gasteiger partial charge on any atom is 0.326 e. The summed E-state index contributed by atoms with van der Waals surface area (Å²) in [7, 11) is 0. The van der Waals surface area contributed by atoms with Gasteiger partial charge in [-0.05, 0) is 37.3 Å². The van der Waals surface area contributed by atoms with Gasteiger partial charge >= 0.3 is 5.97 Å². The van der Waals surface area contributed by atoms with Gasteiger partial charge in [-0.15, -0.1) is 0 Å². The number of carboxylic acid groups (broad SMARTS) is 1. The van der Waals surface area contributed by atoms with Crippen molar-refractivity contribution in [1.82, 2.24) is 5.32 Å². The summed E-state index contributed by atoms with van der Waals surface area (Å²) in [6.07, 6.45) is 2.17. The first kappa shape index (κ1) is 17.7. The van der Waals surface area contributed by atoms with E-state index < -0.39 is 16.9 Å². The number of hydrogen-bond acceptors (Lipinski definition) is 5. The summed E-state index contributed by atoms with van der Waals surface area (Å²) >= 11 is 0. The molecule has 1 aliphatic carbocycles. The maximum absolute atomic E-state index is 12.0. The van der Waals surface area contributed by atoms with Gasteiger partial charge in [0.05, 0.1) is 4.92 Å². The number of carbonyl (C=O) groups excluding carboxylic acids is 1. The molecule has 0 spiro atoms. The van der Waals surface area contributed by atoms with E-state index in [1.165, 1.54) is 18.2 Å². The van der Waals surface area contributed by atoms with Gasteiger partial charge in [0.15, 0.2) is 0 Å². The first-order chi connectivity index (χ1) is 11.3. The van der Waals surface area contributed by atoms with Gasteiger partial charge in [-0.25, -0.2) is 4.79 Å². The number of carboxylic acids is 1. The van der Waals surface area contributed by atoms with Crippen molar-refractivity contribution >= 4 is 23.3 Å². The molecule has 0 saturated heterocycles. The summed E-state index contributed by atoms with van der Waals surface area (Å²) in [4.78, 5) is 34.0. The molecule has 1 saturated carbocycles. The molecule has 1 fully saturated rings. The summed E-state index contributed by atoms with van der Waals surface area (Å²) in [6.45, 7) is 3.74. The molecule has 0 bridgehead atoms. The second-order valence-electron chi connectivity index (χ2n) is 6.40. The van der Waals surface area contributed by atoms with Crippen LogP contribution in [-0.4, -0.2) is 34.0 Å². The molecule has 1 aromatic rings. The molecule has 2 rings (SSSR count). The third-order valence-electron chi connectivity index (χ3n) is 3.70. The van der Waals surface area contributed by atoms with E-state index in [1.54, 1.807) is 0 Å². The number of amides is 1. The second kappa shape index (κ2) is 7.29. The minimum atomic E-state index is -1.08. The van der Waals surface area contributed by atoms with Crippen LogP contribution in [0.15, 0.2) is 18.2 Å². The highest BCUT2D eigenvalue weighted by Gasteiger charge is 2.27. The van der Waals surface area contributed by atoms with E-state index in [4.69, 9.17) is 0 Å². The molecule has 1 amide bonds. The lowest BCUT2D eigenvalue weighted by Crippen LogP contribution is -2.31. The van der Waals surface area contributed by atoms with Crippen LogP contribution in [0.5, 0.6) is 0 Å². The molecular formula is C16H21N3O5. The largest absolute Gasteiger partial charge is 0.480 e. The number of carbonyl (C=O) groups is 2. The zero-order chi connectivity index (χ0) is 17.9. The number of aliphatic carboxylic acids is 1. The molecule has 0 aromatic heterocycles. The molecule has 1 unspecified atom stereocenters. The molecule has 130 valence electrons. The number of hydrogen-bond donors (Lipinski definition) is 3. The monoisotopic (exact) mass is 335 g/mol. The van der Waals surface area contributed by atoms with Crippen LogP contribution in [-0.2, 0) is 4.79 Å². The number of rotatable bonds is 8. The second-order valence-corrected chi connectivity index (χ2v) is 6.40. The number of benzene rings is 1. The lowest BCUT2D eigenvalue weighted by atomic mass is 10.0. The van der Waals surface area contributed by atoms with Crippen molar-refractivity contribution in [3.05, 3.63) is 33.9 Å². The molecular weight excluding hydrogens is 314 g/mol. The summed E-state index contributed by atoms with van der Waals surface area (Å²) in [5.41, 5.74) is -0.0284. The van der Waals surface area contributed by atoms with E-state index in [0.717, 1.165) is 12.8 Å². The number of nitro groups is 1. The first-order valence-electron chi connectivity index (χ1n) is 7.86. The fraction of sp³-hybridized carbons (Fsp3) is 0.500. The Balaban J connectivity index is 2.23. The number of nitrogens with zero attached hydrogens (tertiary/aromatic N) is 1. The fourth-order valence-corrected chi connectivity index (χ4v) is 2.32. The highest BCUT2D eigenvalue weighted by Crippen LogP contribution is 2.28. The number of anilines is 1. The van der Waals surface area contributed by atoms with Gasteiger partial charge in [0.2, 0.25) is 0 Å². The van der Waals surface area contributed by atoms with Crippen molar-refractivity contribution in [1.29, 1.82) is 0 Å². The molecule has 1 aromatic carbocycles. The Labute approximate surface area is 139 Å². The Morgan fingerprint density at radius 3 is 2.54 bits per heavy atom. The van der Waals surface area contributed by atoms with Gasteiger partial charge in [0.25, 0.3) is 11.6 Å². The van der Waals surface area contributed by atoms with Crippen molar-refractivity contribution in [3.8, 4) is 0 Å². The zero-order valence-electron chi connectivity index (χ0n) is 13.6. The average Bonchev–Trinajstić information content (AvgIpc) is 3.29. The van der Waals surface area contributed by atoms with Crippen LogP contribution in [0.1, 0.15) is 43.5 Å². The van der Waals surface area contributed by atoms with Crippen molar-refractivity contribution in [2.75, 3.05) is 5.32 Å². The Bertz CT molecular complexity index is 655. The molecule has 24 heavy (non-hydrogen) atoms. The SMILES string of the molecule is CC(C)CC(Nc1ccc(C(=O)NC2CC2)cc1[N+](=O)[O-])C(=O)O. The Hall–Kier alpha value is -2.64. The molecule has 0 aliphatic heterocycles. The molecule has 0 heterocycles. The van der Waals surface area contributed by atoms with Crippen LogP contribution in [0.4, 0.5) is 11.4 Å². The molecule has 3 N–H and O–H groups in total. The number of nitrogens with one attached hydrogen (secondary N) is 2. The van der Waals surface area contributed by atoms with Crippen molar-refractivity contribution < 1.29 is 19.6 Å². The highest BCUT2D eigenvalue weighted by molar-refractivity contribution is 5.96.